The lowest BCUT2D eigenvalue weighted by atomic mass is 10.1. The number of hydrogen-bond acceptors (Lipinski definition) is 3. The molecule has 1 heterocycles. The van der Waals surface area contributed by atoms with Gasteiger partial charge in [0.25, 0.3) is 0 Å². The van der Waals surface area contributed by atoms with Crippen molar-refractivity contribution in [3.63, 3.8) is 0 Å². The Morgan fingerprint density at radius 1 is 1.39 bits per heavy atom. The summed E-state index contributed by atoms with van der Waals surface area (Å²) >= 11 is 0. The van der Waals surface area contributed by atoms with E-state index < -0.39 is 7.82 Å². The molecule has 5 nitrogen and oxygen atoms in total. The first-order valence-corrected chi connectivity index (χ1v) is 8.98. The lowest BCUT2D eigenvalue weighted by molar-refractivity contribution is 0.281. The van der Waals surface area contributed by atoms with E-state index in [0.29, 0.717) is 11.3 Å². The minimum atomic E-state index is -4.61. The highest BCUT2D eigenvalue weighted by Gasteiger charge is 2.20. The van der Waals surface area contributed by atoms with Crippen molar-refractivity contribution < 1.29 is 18.9 Å². The Morgan fingerprint density at radius 2 is 2.00 bits per heavy atom. The summed E-state index contributed by atoms with van der Waals surface area (Å²) in [5, 5.41) is 0. The van der Waals surface area contributed by atoms with Crippen molar-refractivity contribution >= 4 is 13.9 Å². The molecule has 1 aromatic heterocycles. The lowest BCUT2D eigenvalue weighted by Gasteiger charge is -2.13. The molecule has 0 aliphatic rings. The molecular formula is C17H26NO4P. The summed E-state index contributed by atoms with van der Waals surface area (Å²) in [6, 6.07) is 1.57. The number of phosphoric acid groups is 1. The van der Waals surface area contributed by atoms with Crippen molar-refractivity contribution in [2.75, 3.05) is 0 Å². The summed E-state index contributed by atoms with van der Waals surface area (Å²) in [5.41, 5.74) is 2.20. The van der Waals surface area contributed by atoms with Gasteiger partial charge in [-0.05, 0) is 24.5 Å². The highest BCUT2D eigenvalue weighted by atomic mass is 31.2. The summed E-state index contributed by atoms with van der Waals surface area (Å²) in [4.78, 5) is 22.2. The molecule has 0 fully saturated rings. The third-order valence-electron chi connectivity index (χ3n) is 2.59. The van der Waals surface area contributed by atoms with Gasteiger partial charge in [-0.3, -0.25) is 14.8 Å². The van der Waals surface area contributed by atoms with Crippen molar-refractivity contribution in [2.45, 2.75) is 40.5 Å². The fourth-order valence-corrected chi connectivity index (χ4v) is 2.07. The summed E-state index contributed by atoms with van der Waals surface area (Å²) in [6.07, 6.45) is 8.81. The summed E-state index contributed by atoms with van der Waals surface area (Å²) < 4.78 is 15.8. The highest BCUT2D eigenvalue weighted by molar-refractivity contribution is 7.46. The summed E-state index contributed by atoms with van der Waals surface area (Å²) in [6.45, 7) is 13.3. The largest absolute Gasteiger partial charge is 0.524 e. The van der Waals surface area contributed by atoms with Crippen LogP contribution in [0.3, 0.4) is 0 Å². The van der Waals surface area contributed by atoms with Crippen molar-refractivity contribution in [1.29, 1.82) is 0 Å². The van der Waals surface area contributed by atoms with Crippen LogP contribution in [0.4, 0.5) is 0 Å². The van der Waals surface area contributed by atoms with Crippen molar-refractivity contribution in [3.05, 3.63) is 53.9 Å². The van der Waals surface area contributed by atoms with E-state index in [0.717, 1.165) is 5.57 Å². The van der Waals surface area contributed by atoms with E-state index in [4.69, 9.17) is 14.3 Å². The molecule has 128 valence electrons. The van der Waals surface area contributed by atoms with Gasteiger partial charge in [0.1, 0.15) is 0 Å². The van der Waals surface area contributed by atoms with Gasteiger partial charge in [0.05, 0.1) is 5.69 Å². The minimum Gasteiger partial charge on any atom is -0.402 e. The molecule has 1 aromatic rings. The summed E-state index contributed by atoms with van der Waals surface area (Å²) in [7, 11) is -4.61. The molecule has 23 heavy (non-hydrogen) atoms. The van der Waals surface area contributed by atoms with E-state index in [1.54, 1.807) is 24.4 Å². The van der Waals surface area contributed by atoms with Crippen molar-refractivity contribution in [2.24, 2.45) is 0 Å². The molecule has 0 spiro atoms. The van der Waals surface area contributed by atoms with Crippen molar-refractivity contribution in [1.82, 2.24) is 4.98 Å². The molecule has 0 aromatic carbocycles. The fraction of sp³-hybridized carbons (Fsp3) is 0.353. The van der Waals surface area contributed by atoms with Gasteiger partial charge >= 0.3 is 7.82 Å². The van der Waals surface area contributed by atoms with E-state index in [-0.39, 0.29) is 11.7 Å². The first-order valence-electron chi connectivity index (χ1n) is 7.45. The molecule has 0 unspecified atom stereocenters. The second kappa shape index (κ2) is 10.2. The zero-order chi connectivity index (χ0) is 18.0. The Balaban J connectivity index is 0.00000232. The van der Waals surface area contributed by atoms with Gasteiger partial charge in [0.2, 0.25) is 0 Å². The van der Waals surface area contributed by atoms with Gasteiger partial charge in [-0.15, -0.1) is 0 Å². The van der Waals surface area contributed by atoms with Crippen LogP contribution >= 0.6 is 7.82 Å². The van der Waals surface area contributed by atoms with Crippen LogP contribution < -0.4 is 4.52 Å². The summed E-state index contributed by atoms with van der Waals surface area (Å²) in [5.74, 6) is 0.0952. The molecule has 0 atom stereocenters. The number of allylic oxidation sites excluding steroid dienone is 4. The molecule has 0 bridgehead atoms. The second-order valence-electron chi connectivity index (χ2n) is 4.87. The van der Waals surface area contributed by atoms with Crippen LogP contribution in [0.5, 0.6) is 5.75 Å². The van der Waals surface area contributed by atoms with Crippen LogP contribution in [0, 0.1) is 0 Å². The number of hydrogen-bond donors (Lipinski definition) is 2. The van der Waals surface area contributed by atoms with Gasteiger partial charge in [-0.1, -0.05) is 64.2 Å². The zero-order valence-electron chi connectivity index (χ0n) is 14.4. The molecule has 0 aliphatic heterocycles. The van der Waals surface area contributed by atoms with E-state index in [9.17, 15) is 4.57 Å². The van der Waals surface area contributed by atoms with Gasteiger partial charge in [0.15, 0.2) is 5.75 Å². The van der Waals surface area contributed by atoms with Crippen LogP contribution in [-0.4, -0.2) is 14.8 Å². The molecule has 6 heteroatoms. The van der Waals surface area contributed by atoms with Gasteiger partial charge in [0, 0.05) is 6.20 Å². The smallest absolute Gasteiger partial charge is 0.402 e. The zero-order valence-corrected chi connectivity index (χ0v) is 15.2. The van der Waals surface area contributed by atoms with Crippen LogP contribution in [-0.2, 0) is 4.57 Å². The molecule has 0 aliphatic carbocycles. The van der Waals surface area contributed by atoms with Gasteiger partial charge in [-0.25, -0.2) is 4.57 Å². The maximum absolute atomic E-state index is 11.0. The van der Waals surface area contributed by atoms with Crippen LogP contribution in [0.15, 0.2) is 42.6 Å². The maximum atomic E-state index is 11.0. The predicted molar refractivity (Wildman–Crippen MR) is 95.3 cm³/mol. The fourth-order valence-electron chi connectivity index (χ4n) is 1.67. The number of aromatic nitrogens is 1. The Labute approximate surface area is 138 Å². The van der Waals surface area contributed by atoms with E-state index in [1.807, 2.05) is 46.8 Å². The predicted octanol–water partition coefficient (Wildman–Crippen LogP) is 4.85. The van der Waals surface area contributed by atoms with E-state index in [2.05, 4.69) is 11.6 Å². The van der Waals surface area contributed by atoms with Crippen LogP contribution in [0.25, 0.3) is 6.08 Å². The Bertz CT molecular complexity index is 615. The molecule has 0 saturated carbocycles. The Morgan fingerprint density at radius 3 is 2.48 bits per heavy atom. The Kier molecular flexibility index (Phi) is 9.42. The first kappa shape index (κ1) is 21.3. The SMILES string of the molecule is C=C/C=C(C)/C=C/c1cnc(C(C)C)c(OP(=O)(O)O)c1.CC. The lowest BCUT2D eigenvalue weighted by Crippen LogP contribution is -2.00. The average Bonchev–Trinajstić information content (AvgIpc) is 2.45. The monoisotopic (exact) mass is 339 g/mol. The number of nitrogens with zero attached hydrogens (tertiary/aromatic N) is 1. The third-order valence-corrected chi connectivity index (χ3v) is 3.02. The maximum Gasteiger partial charge on any atom is 0.524 e. The van der Waals surface area contributed by atoms with Gasteiger partial charge < -0.3 is 4.52 Å². The quantitative estimate of drug-likeness (QED) is 0.572. The normalized spacial score (nSPS) is 12.1. The molecule has 1 rings (SSSR count). The number of phosphoric ester groups is 1. The van der Waals surface area contributed by atoms with Crippen LogP contribution in [0.1, 0.15) is 51.8 Å². The molecule has 2 N–H and O–H groups in total. The second-order valence-corrected chi connectivity index (χ2v) is 6.03. The average molecular weight is 339 g/mol. The topological polar surface area (TPSA) is 79.7 Å². The molecule has 0 saturated heterocycles. The standard InChI is InChI=1S/C15H20NO4P.C2H6/c1-5-6-12(4)7-8-13-9-14(20-21(17,18)19)15(11(2)3)16-10-13;1-2/h5-11H,1H2,2-4H3,(H2,17,18,19);1-2H3/b8-7+,12-6+;. The number of pyridine rings is 1. The highest BCUT2D eigenvalue weighted by Crippen LogP contribution is 2.40. The molecule has 0 amide bonds. The van der Waals surface area contributed by atoms with Crippen LogP contribution in [0.2, 0.25) is 0 Å². The minimum absolute atomic E-state index is 0.00743. The molecular weight excluding hydrogens is 313 g/mol. The number of rotatable bonds is 6. The van der Waals surface area contributed by atoms with E-state index >= 15 is 0 Å². The Hall–Kier alpha value is -1.68. The van der Waals surface area contributed by atoms with E-state index in [1.165, 1.54) is 0 Å². The third kappa shape index (κ3) is 8.50. The van der Waals surface area contributed by atoms with Crippen molar-refractivity contribution in [3.8, 4) is 5.75 Å². The molecule has 0 radical (unpaired) electrons. The van der Waals surface area contributed by atoms with Gasteiger partial charge in [-0.2, -0.15) is 0 Å². The first-order chi connectivity index (χ1) is 10.7.